The van der Waals surface area contributed by atoms with Crippen molar-refractivity contribution in [2.75, 3.05) is 17.7 Å². The van der Waals surface area contributed by atoms with E-state index in [2.05, 4.69) is 20.6 Å². The highest BCUT2D eigenvalue weighted by Gasteiger charge is 2.16. The maximum absolute atomic E-state index is 13.2. The Balaban J connectivity index is 2.25. The van der Waals surface area contributed by atoms with Crippen molar-refractivity contribution in [3.05, 3.63) is 34.2 Å². The lowest BCUT2D eigenvalue weighted by atomic mass is 10.2. The van der Waals surface area contributed by atoms with Crippen LogP contribution < -0.4 is 10.6 Å². The molecule has 2 N–H and O–H groups in total. The second-order valence-corrected chi connectivity index (χ2v) is 5.33. The summed E-state index contributed by atoms with van der Waals surface area (Å²) in [7, 11) is 1.62. The van der Waals surface area contributed by atoms with E-state index in [0.717, 1.165) is 29.3 Å². The second-order valence-electron chi connectivity index (χ2n) is 4.13. The lowest BCUT2D eigenvalue weighted by Gasteiger charge is -2.07. The third-order valence-electron chi connectivity index (χ3n) is 2.78. The van der Waals surface area contributed by atoms with E-state index in [1.807, 2.05) is 13.8 Å². The number of thiazole rings is 1. The number of carbonyl (C=O) groups excluding carboxylic acids is 1. The SMILES string of the molecule is CCc1nc(NC(=O)c2cc(F)cnc2NC)sc1C. The molecule has 0 aliphatic carbocycles. The minimum atomic E-state index is -0.557. The van der Waals surface area contributed by atoms with Gasteiger partial charge in [0.2, 0.25) is 0 Å². The predicted molar refractivity (Wildman–Crippen MR) is 77.9 cm³/mol. The molecule has 0 unspecified atom stereocenters. The van der Waals surface area contributed by atoms with Crippen LogP contribution in [0.25, 0.3) is 0 Å². The van der Waals surface area contributed by atoms with Crippen LogP contribution >= 0.6 is 11.3 Å². The molecule has 7 heteroatoms. The molecule has 20 heavy (non-hydrogen) atoms. The van der Waals surface area contributed by atoms with E-state index < -0.39 is 11.7 Å². The number of nitrogens with zero attached hydrogens (tertiary/aromatic N) is 2. The normalized spacial score (nSPS) is 10.4. The number of anilines is 2. The lowest BCUT2D eigenvalue weighted by Crippen LogP contribution is -2.15. The van der Waals surface area contributed by atoms with E-state index in [-0.39, 0.29) is 5.56 Å². The highest BCUT2D eigenvalue weighted by atomic mass is 32.1. The number of pyridine rings is 1. The van der Waals surface area contributed by atoms with E-state index in [1.165, 1.54) is 11.3 Å². The van der Waals surface area contributed by atoms with Crippen LogP contribution in [-0.4, -0.2) is 22.9 Å². The van der Waals surface area contributed by atoms with Crippen LogP contribution in [0.3, 0.4) is 0 Å². The third kappa shape index (κ3) is 2.93. The Morgan fingerprint density at radius 3 is 2.85 bits per heavy atom. The van der Waals surface area contributed by atoms with Crippen LogP contribution in [0.5, 0.6) is 0 Å². The number of aromatic nitrogens is 2. The number of hydrogen-bond acceptors (Lipinski definition) is 5. The van der Waals surface area contributed by atoms with Crippen molar-refractivity contribution in [2.24, 2.45) is 0 Å². The zero-order chi connectivity index (χ0) is 14.7. The van der Waals surface area contributed by atoms with E-state index >= 15 is 0 Å². The summed E-state index contributed by atoms with van der Waals surface area (Å²) < 4.78 is 13.2. The van der Waals surface area contributed by atoms with Crippen molar-refractivity contribution in [1.82, 2.24) is 9.97 Å². The second kappa shape index (κ2) is 5.96. The summed E-state index contributed by atoms with van der Waals surface area (Å²) in [5, 5.41) is 5.95. The van der Waals surface area contributed by atoms with Gasteiger partial charge in [0, 0.05) is 11.9 Å². The number of aryl methyl sites for hydroxylation is 2. The predicted octanol–water partition coefficient (Wildman–Crippen LogP) is 2.84. The summed E-state index contributed by atoms with van der Waals surface area (Å²) in [6, 6.07) is 1.15. The Morgan fingerprint density at radius 1 is 1.50 bits per heavy atom. The molecular formula is C13H15FN4OS. The molecule has 0 radical (unpaired) electrons. The molecule has 2 aromatic heterocycles. The Bertz CT molecular complexity index is 641. The lowest BCUT2D eigenvalue weighted by molar-refractivity contribution is 0.102. The number of rotatable bonds is 4. The van der Waals surface area contributed by atoms with Crippen LogP contribution in [0.2, 0.25) is 0 Å². The minimum Gasteiger partial charge on any atom is -0.372 e. The fourth-order valence-electron chi connectivity index (χ4n) is 1.79. The summed E-state index contributed by atoms with van der Waals surface area (Å²) in [6.45, 7) is 3.96. The minimum absolute atomic E-state index is 0.151. The van der Waals surface area contributed by atoms with Crippen LogP contribution in [0.1, 0.15) is 27.9 Å². The average Bonchev–Trinajstić information content (AvgIpc) is 2.78. The monoisotopic (exact) mass is 294 g/mol. The topological polar surface area (TPSA) is 66.9 Å². The van der Waals surface area contributed by atoms with Gasteiger partial charge in [0.05, 0.1) is 17.5 Å². The highest BCUT2D eigenvalue weighted by molar-refractivity contribution is 7.15. The summed E-state index contributed by atoms with van der Waals surface area (Å²) in [5.74, 6) is -0.663. The van der Waals surface area contributed by atoms with Gasteiger partial charge in [0.1, 0.15) is 11.6 Å². The summed E-state index contributed by atoms with van der Waals surface area (Å²) >= 11 is 1.40. The number of nitrogens with one attached hydrogen (secondary N) is 2. The summed E-state index contributed by atoms with van der Waals surface area (Å²) in [6.07, 6.45) is 1.87. The van der Waals surface area contributed by atoms with Crippen molar-refractivity contribution in [2.45, 2.75) is 20.3 Å². The molecule has 2 rings (SSSR count). The van der Waals surface area contributed by atoms with E-state index in [4.69, 9.17) is 0 Å². The van der Waals surface area contributed by atoms with Crippen molar-refractivity contribution < 1.29 is 9.18 Å². The zero-order valence-electron chi connectivity index (χ0n) is 11.5. The number of amides is 1. The molecule has 0 aliphatic rings. The Morgan fingerprint density at radius 2 is 2.25 bits per heavy atom. The van der Waals surface area contributed by atoms with Crippen LogP contribution in [-0.2, 0) is 6.42 Å². The van der Waals surface area contributed by atoms with Gasteiger partial charge in [0.15, 0.2) is 5.13 Å². The van der Waals surface area contributed by atoms with Crippen molar-refractivity contribution in [3.63, 3.8) is 0 Å². The van der Waals surface area contributed by atoms with Gasteiger partial charge in [0.25, 0.3) is 5.91 Å². The smallest absolute Gasteiger partial charge is 0.261 e. The molecular weight excluding hydrogens is 279 g/mol. The first kappa shape index (κ1) is 14.4. The first-order valence-corrected chi connectivity index (χ1v) is 6.97. The summed E-state index contributed by atoms with van der Waals surface area (Å²) in [5.41, 5.74) is 1.11. The molecule has 1 amide bonds. The largest absolute Gasteiger partial charge is 0.372 e. The molecule has 0 spiro atoms. The van der Waals surface area contributed by atoms with Gasteiger partial charge < -0.3 is 5.32 Å². The Labute approximate surface area is 120 Å². The van der Waals surface area contributed by atoms with Crippen LogP contribution in [0.4, 0.5) is 15.3 Å². The average molecular weight is 294 g/mol. The third-order valence-corrected chi connectivity index (χ3v) is 3.71. The first-order chi connectivity index (χ1) is 9.55. The van der Waals surface area contributed by atoms with Crippen LogP contribution in [0.15, 0.2) is 12.3 Å². The molecule has 0 saturated carbocycles. The molecule has 2 heterocycles. The Hall–Kier alpha value is -2.02. The molecule has 0 atom stereocenters. The Kier molecular flexibility index (Phi) is 4.29. The van der Waals surface area contributed by atoms with Gasteiger partial charge in [-0.15, -0.1) is 11.3 Å². The van der Waals surface area contributed by atoms with Crippen molar-refractivity contribution >= 4 is 28.2 Å². The zero-order valence-corrected chi connectivity index (χ0v) is 12.3. The van der Waals surface area contributed by atoms with Crippen LogP contribution in [0, 0.1) is 12.7 Å². The molecule has 0 fully saturated rings. The quantitative estimate of drug-likeness (QED) is 0.910. The number of carbonyl (C=O) groups is 1. The molecule has 5 nitrogen and oxygen atoms in total. The number of hydrogen-bond donors (Lipinski definition) is 2. The van der Waals surface area contributed by atoms with Gasteiger partial charge in [-0.1, -0.05) is 6.92 Å². The fraction of sp³-hybridized carbons (Fsp3) is 0.308. The highest BCUT2D eigenvalue weighted by Crippen LogP contribution is 2.23. The molecule has 2 aromatic rings. The molecule has 0 aliphatic heterocycles. The van der Waals surface area contributed by atoms with Gasteiger partial charge in [-0.3, -0.25) is 10.1 Å². The summed E-state index contributed by atoms with van der Waals surface area (Å²) in [4.78, 5) is 21.4. The van der Waals surface area contributed by atoms with E-state index in [0.29, 0.717) is 10.9 Å². The maximum Gasteiger partial charge on any atom is 0.261 e. The van der Waals surface area contributed by atoms with Crippen molar-refractivity contribution in [3.8, 4) is 0 Å². The standard InChI is InChI=1S/C13H15FN4OS/c1-4-10-7(2)20-13(17-10)18-12(19)9-5-8(14)6-16-11(9)15-3/h5-6H,4H2,1-3H3,(H,15,16)(H,17,18,19). The molecule has 0 bridgehead atoms. The van der Waals surface area contributed by atoms with Crippen molar-refractivity contribution in [1.29, 1.82) is 0 Å². The van der Waals surface area contributed by atoms with Gasteiger partial charge in [-0.25, -0.2) is 14.4 Å². The van der Waals surface area contributed by atoms with E-state index in [1.54, 1.807) is 7.05 Å². The van der Waals surface area contributed by atoms with Gasteiger partial charge in [-0.05, 0) is 19.4 Å². The molecule has 106 valence electrons. The maximum atomic E-state index is 13.2. The first-order valence-electron chi connectivity index (χ1n) is 6.16. The van der Waals surface area contributed by atoms with E-state index in [9.17, 15) is 9.18 Å². The van der Waals surface area contributed by atoms with Gasteiger partial charge in [-0.2, -0.15) is 0 Å². The van der Waals surface area contributed by atoms with Gasteiger partial charge >= 0.3 is 0 Å². The molecule has 0 aromatic carbocycles. The number of halogens is 1. The molecule has 0 saturated heterocycles. The fourth-order valence-corrected chi connectivity index (χ4v) is 2.68.